The van der Waals surface area contributed by atoms with Crippen molar-refractivity contribution in [2.24, 2.45) is 0 Å². The van der Waals surface area contributed by atoms with E-state index in [9.17, 15) is 20.2 Å². The molecular formula is C21H17N7O3S2. The maximum atomic E-state index is 13.0. The van der Waals surface area contributed by atoms with Gasteiger partial charge in [-0.1, -0.05) is 26.0 Å². The Kier molecular flexibility index (Phi) is 5.67. The number of nitrogens with zero attached hydrogens (tertiary/aromatic N) is 4. The van der Waals surface area contributed by atoms with Gasteiger partial charge in [-0.3, -0.25) is 20.2 Å². The van der Waals surface area contributed by atoms with E-state index >= 15 is 0 Å². The quantitative estimate of drug-likeness (QED) is 0.272. The van der Waals surface area contributed by atoms with Crippen molar-refractivity contribution in [2.75, 3.05) is 16.8 Å². The van der Waals surface area contributed by atoms with Crippen LogP contribution in [0.15, 0.2) is 29.6 Å². The van der Waals surface area contributed by atoms with Gasteiger partial charge in [-0.15, -0.1) is 22.7 Å². The number of nitrogen functional groups attached to an aromatic ring is 2. The summed E-state index contributed by atoms with van der Waals surface area (Å²) in [5.41, 5.74) is 14.5. The number of thiophene rings is 1. The summed E-state index contributed by atoms with van der Waals surface area (Å²) in [5.74, 6) is -0.428. The molecule has 33 heavy (non-hydrogen) atoms. The molecule has 0 atom stereocenters. The van der Waals surface area contributed by atoms with Crippen molar-refractivity contribution in [1.29, 1.82) is 5.26 Å². The number of benzene rings is 1. The van der Waals surface area contributed by atoms with Crippen molar-refractivity contribution in [1.82, 2.24) is 9.97 Å². The van der Waals surface area contributed by atoms with Crippen LogP contribution < -0.4 is 16.8 Å². The number of non-ortho nitro benzene ring substituents is 1. The number of pyridine rings is 1. The predicted octanol–water partition coefficient (Wildman–Crippen LogP) is 4.74. The number of thiazole rings is 1. The van der Waals surface area contributed by atoms with Crippen LogP contribution in [-0.4, -0.2) is 20.8 Å². The normalized spacial score (nSPS) is 11.0. The number of nitrogens with two attached hydrogens (primary N) is 2. The standard InChI is InChI=1S/C21H17N7O3S2/c1-9(2)14-12(7-22)18(24)26-20-15(14)16(23)17(33-20)19(29)27-21-25-13(8-32-21)10-4-3-5-11(6-10)28(30)31/h3-6,8-9H,23H2,1-2H3,(H2,24,26)(H,25,27,29). The van der Waals surface area contributed by atoms with Gasteiger partial charge in [0, 0.05) is 28.5 Å². The molecule has 0 aliphatic rings. The fourth-order valence-corrected chi connectivity index (χ4v) is 5.19. The van der Waals surface area contributed by atoms with Gasteiger partial charge < -0.3 is 11.5 Å². The van der Waals surface area contributed by atoms with Crippen LogP contribution in [0.3, 0.4) is 0 Å². The lowest BCUT2D eigenvalue weighted by Gasteiger charge is -2.12. The lowest BCUT2D eigenvalue weighted by molar-refractivity contribution is -0.384. The zero-order chi connectivity index (χ0) is 23.9. The average molecular weight is 480 g/mol. The third-order valence-electron chi connectivity index (χ3n) is 4.92. The zero-order valence-corrected chi connectivity index (χ0v) is 19.1. The summed E-state index contributed by atoms with van der Waals surface area (Å²) in [7, 11) is 0. The summed E-state index contributed by atoms with van der Waals surface area (Å²) >= 11 is 2.27. The number of rotatable bonds is 5. The molecule has 0 saturated heterocycles. The molecule has 4 aromatic rings. The van der Waals surface area contributed by atoms with E-state index in [-0.39, 0.29) is 33.6 Å². The Labute approximate surface area is 195 Å². The monoisotopic (exact) mass is 479 g/mol. The molecule has 4 rings (SSSR count). The molecule has 1 aromatic carbocycles. The SMILES string of the molecule is CC(C)c1c(C#N)c(N)nc2sc(C(=O)Nc3nc(-c4cccc([N+](=O)[O-])c4)cs3)c(N)c12. The molecule has 10 nitrogen and oxygen atoms in total. The molecule has 0 aliphatic carbocycles. The van der Waals surface area contributed by atoms with Gasteiger partial charge in [0.25, 0.3) is 11.6 Å². The smallest absolute Gasteiger partial charge is 0.270 e. The number of carbonyl (C=O) groups is 1. The van der Waals surface area contributed by atoms with Crippen LogP contribution in [0.1, 0.15) is 40.6 Å². The largest absolute Gasteiger partial charge is 0.397 e. The fraction of sp³-hybridized carbons (Fsp3) is 0.143. The highest BCUT2D eigenvalue weighted by Crippen LogP contribution is 2.41. The van der Waals surface area contributed by atoms with Crippen LogP contribution in [0, 0.1) is 21.4 Å². The third kappa shape index (κ3) is 3.95. The van der Waals surface area contributed by atoms with Crippen LogP contribution in [0.2, 0.25) is 0 Å². The minimum Gasteiger partial charge on any atom is -0.397 e. The van der Waals surface area contributed by atoms with Crippen molar-refractivity contribution < 1.29 is 9.72 Å². The van der Waals surface area contributed by atoms with E-state index in [1.165, 1.54) is 23.5 Å². The van der Waals surface area contributed by atoms with E-state index in [2.05, 4.69) is 21.4 Å². The molecular weight excluding hydrogens is 462 g/mol. The molecule has 0 spiro atoms. The van der Waals surface area contributed by atoms with Gasteiger partial charge in [0.2, 0.25) is 0 Å². The lowest BCUT2D eigenvalue weighted by Crippen LogP contribution is -2.12. The Morgan fingerprint density at radius 1 is 1.30 bits per heavy atom. The molecule has 12 heteroatoms. The third-order valence-corrected chi connectivity index (χ3v) is 6.77. The Hall–Kier alpha value is -4.08. The Bertz CT molecular complexity index is 1470. The molecule has 0 radical (unpaired) electrons. The van der Waals surface area contributed by atoms with E-state index < -0.39 is 10.8 Å². The Balaban J connectivity index is 1.68. The van der Waals surface area contributed by atoms with E-state index in [4.69, 9.17) is 11.5 Å². The molecule has 3 heterocycles. The molecule has 166 valence electrons. The number of nitro benzene ring substituents is 1. The number of carbonyl (C=O) groups excluding carboxylic acids is 1. The topological polar surface area (TPSA) is 174 Å². The van der Waals surface area contributed by atoms with Gasteiger partial charge in [0.15, 0.2) is 5.13 Å². The molecule has 5 N–H and O–H groups in total. The molecule has 1 amide bonds. The second-order valence-electron chi connectivity index (χ2n) is 7.38. The number of anilines is 3. The highest BCUT2D eigenvalue weighted by molar-refractivity contribution is 7.21. The predicted molar refractivity (Wildman–Crippen MR) is 129 cm³/mol. The second kappa shape index (κ2) is 8.45. The summed E-state index contributed by atoms with van der Waals surface area (Å²) in [4.78, 5) is 32.9. The fourth-order valence-electron chi connectivity index (χ4n) is 3.46. The molecule has 3 aromatic heterocycles. The van der Waals surface area contributed by atoms with Crippen molar-refractivity contribution in [2.45, 2.75) is 19.8 Å². The van der Waals surface area contributed by atoms with Crippen molar-refractivity contribution in [3.05, 3.63) is 55.8 Å². The zero-order valence-electron chi connectivity index (χ0n) is 17.4. The molecule has 0 saturated carbocycles. The Morgan fingerprint density at radius 2 is 2.06 bits per heavy atom. The maximum Gasteiger partial charge on any atom is 0.270 e. The summed E-state index contributed by atoms with van der Waals surface area (Å²) < 4.78 is 0. The molecule has 0 bridgehead atoms. The van der Waals surface area contributed by atoms with Crippen LogP contribution in [0.5, 0.6) is 0 Å². The van der Waals surface area contributed by atoms with Gasteiger partial charge in [0.05, 0.1) is 21.9 Å². The van der Waals surface area contributed by atoms with Gasteiger partial charge in [0.1, 0.15) is 21.6 Å². The maximum absolute atomic E-state index is 13.0. The first-order chi connectivity index (χ1) is 15.7. The van der Waals surface area contributed by atoms with E-state index in [0.717, 1.165) is 11.3 Å². The second-order valence-corrected chi connectivity index (χ2v) is 9.23. The number of hydrogen-bond donors (Lipinski definition) is 3. The van der Waals surface area contributed by atoms with Crippen LogP contribution in [0.25, 0.3) is 21.5 Å². The Morgan fingerprint density at radius 3 is 2.73 bits per heavy atom. The van der Waals surface area contributed by atoms with Crippen molar-refractivity contribution >= 4 is 61.1 Å². The molecule has 0 unspecified atom stereocenters. The molecule has 0 aliphatic heterocycles. The number of hydrogen-bond acceptors (Lipinski definition) is 10. The summed E-state index contributed by atoms with van der Waals surface area (Å²) in [5, 5.41) is 25.8. The van der Waals surface area contributed by atoms with E-state index in [1.807, 2.05) is 13.8 Å². The first-order valence-corrected chi connectivity index (χ1v) is 11.3. The van der Waals surface area contributed by atoms with Crippen molar-refractivity contribution in [3.8, 4) is 17.3 Å². The first-order valence-electron chi connectivity index (χ1n) is 9.64. The number of aromatic nitrogens is 2. The van der Waals surface area contributed by atoms with Crippen LogP contribution in [-0.2, 0) is 0 Å². The van der Waals surface area contributed by atoms with Gasteiger partial charge in [-0.05, 0) is 11.5 Å². The summed E-state index contributed by atoms with van der Waals surface area (Å²) in [6.45, 7) is 3.83. The minimum absolute atomic E-state index is 0.0476. The van der Waals surface area contributed by atoms with E-state index in [0.29, 0.717) is 32.2 Å². The highest BCUT2D eigenvalue weighted by Gasteiger charge is 2.25. The van der Waals surface area contributed by atoms with Crippen LogP contribution in [0.4, 0.5) is 22.3 Å². The van der Waals surface area contributed by atoms with Gasteiger partial charge >= 0.3 is 0 Å². The van der Waals surface area contributed by atoms with Crippen LogP contribution >= 0.6 is 22.7 Å². The van der Waals surface area contributed by atoms with Gasteiger partial charge in [-0.2, -0.15) is 5.26 Å². The van der Waals surface area contributed by atoms with Crippen molar-refractivity contribution in [3.63, 3.8) is 0 Å². The minimum atomic E-state index is -0.479. The van der Waals surface area contributed by atoms with E-state index in [1.54, 1.807) is 17.5 Å². The number of amides is 1. The first kappa shape index (κ1) is 22.1. The highest BCUT2D eigenvalue weighted by atomic mass is 32.1. The number of fused-ring (bicyclic) bond motifs is 1. The number of nitrogens with one attached hydrogen (secondary N) is 1. The average Bonchev–Trinajstić information content (AvgIpc) is 3.37. The lowest BCUT2D eigenvalue weighted by atomic mass is 9.95. The molecule has 0 fully saturated rings. The van der Waals surface area contributed by atoms with Gasteiger partial charge in [-0.25, -0.2) is 9.97 Å². The summed E-state index contributed by atoms with van der Waals surface area (Å²) in [6, 6.07) is 8.17. The number of nitriles is 1. The summed E-state index contributed by atoms with van der Waals surface area (Å²) in [6.07, 6.45) is 0. The number of nitro groups is 1.